The smallest absolute Gasteiger partial charge is 0.344 e. The second-order valence-corrected chi connectivity index (χ2v) is 4.51. The third-order valence-corrected chi connectivity index (χ3v) is 3.29. The van der Waals surface area contributed by atoms with Crippen LogP contribution in [0.2, 0.25) is 5.02 Å². The normalized spacial score (nSPS) is 11.1. The molecule has 0 radical (unpaired) electrons. The number of phenolic OH excluding ortho intramolecular Hbond substituents is 1. The molecule has 4 nitrogen and oxygen atoms in total. The summed E-state index contributed by atoms with van der Waals surface area (Å²) in [5, 5.41) is 11.5. The molecule has 0 fully saturated rings. The molecule has 1 heterocycles. The van der Waals surface area contributed by atoms with Crippen molar-refractivity contribution in [3.8, 4) is 11.5 Å². The third kappa shape index (κ3) is 1.81. The van der Waals surface area contributed by atoms with E-state index in [4.69, 9.17) is 20.8 Å². The van der Waals surface area contributed by atoms with Crippen molar-refractivity contribution < 1.29 is 14.3 Å². The van der Waals surface area contributed by atoms with E-state index < -0.39 is 5.63 Å². The summed E-state index contributed by atoms with van der Waals surface area (Å²) in [5.41, 5.74) is -0.187. The van der Waals surface area contributed by atoms with E-state index in [1.807, 2.05) is 0 Å². The van der Waals surface area contributed by atoms with Crippen LogP contribution in [-0.4, -0.2) is 12.2 Å². The maximum absolute atomic E-state index is 11.9. The molecule has 0 unspecified atom stereocenters. The van der Waals surface area contributed by atoms with Gasteiger partial charge >= 0.3 is 5.63 Å². The fourth-order valence-electron chi connectivity index (χ4n) is 2.05. The first-order valence-corrected chi connectivity index (χ1v) is 5.91. The number of methoxy groups -OCH3 is 1. The molecule has 0 aliphatic carbocycles. The van der Waals surface area contributed by atoms with Gasteiger partial charge in [0.1, 0.15) is 17.1 Å². The van der Waals surface area contributed by atoms with Gasteiger partial charge in [0.2, 0.25) is 0 Å². The van der Waals surface area contributed by atoms with Gasteiger partial charge in [0.05, 0.1) is 17.5 Å². The fraction of sp³-hybridized carbons (Fsp3) is 0.0714. The van der Waals surface area contributed by atoms with Gasteiger partial charge in [-0.1, -0.05) is 11.6 Å². The van der Waals surface area contributed by atoms with Crippen LogP contribution in [0.25, 0.3) is 21.7 Å². The number of hydrogen-bond donors (Lipinski definition) is 1. The van der Waals surface area contributed by atoms with Crippen LogP contribution in [0.4, 0.5) is 0 Å². The Balaban J connectivity index is 2.52. The highest BCUT2D eigenvalue weighted by Crippen LogP contribution is 2.32. The molecule has 1 N–H and O–H groups in total. The summed E-state index contributed by atoms with van der Waals surface area (Å²) in [6.45, 7) is 0. The van der Waals surface area contributed by atoms with Crippen LogP contribution in [0.3, 0.4) is 0 Å². The van der Waals surface area contributed by atoms with Crippen LogP contribution in [0.5, 0.6) is 11.5 Å². The van der Waals surface area contributed by atoms with E-state index in [1.54, 1.807) is 24.3 Å². The number of aromatic hydroxyl groups is 1. The lowest BCUT2D eigenvalue weighted by Gasteiger charge is -2.06. The zero-order valence-corrected chi connectivity index (χ0v) is 10.7. The maximum Gasteiger partial charge on any atom is 0.344 e. The minimum atomic E-state index is -0.483. The maximum atomic E-state index is 11.9. The van der Waals surface area contributed by atoms with Gasteiger partial charge in [-0.25, -0.2) is 4.79 Å². The van der Waals surface area contributed by atoms with E-state index >= 15 is 0 Å². The van der Waals surface area contributed by atoms with Gasteiger partial charge in [0, 0.05) is 16.8 Å². The van der Waals surface area contributed by atoms with Gasteiger partial charge in [0.25, 0.3) is 0 Å². The van der Waals surface area contributed by atoms with Crippen molar-refractivity contribution in [3.05, 3.63) is 45.8 Å². The predicted octanol–water partition coefficient (Wildman–Crippen LogP) is 3.31. The van der Waals surface area contributed by atoms with Gasteiger partial charge < -0.3 is 14.3 Å². The van der Waals surface area contributed by atoms with Crippen molar-refractivity contribution in [2.75, 3.05) is 7.11 Å². The highest BCUT2D eigenvalue weighted by atomic mass is 35.5. The molecule has 1 aromatic heterocycles. The standard InChI is InChI=1S/C14H9ClO4/c1-18-7-2-3-8-9-5-11(15)12(16)6-13(9)19-14(17)10(8)4-7/h2-6,16H,1H3. The van der Waals surface area contributed by atoms with E-state index in [1.165, 1.54) is 13.2 Å². The molecular formula is C14H9ClO4. The van der Waals surface area contributed by atoms with E-state index in [-0.39, 0.29) is 10.8 Å². The Labute approximate surface area is 112 Å². The molecule has 0 saturated carbocycles. The number of ether oxygens (including phenoxy) is 1. The Kier molecular flexibility index (Phi) is 2.61. The number of fused-ring (bicyclic) bond motifs is 3. The minimum absolute atomic E-state index is 0.120. The summed E-state index contributed by atoms with van der Waals surface area (Å²) in [6.07, 6.45) is 0. The summed E-state index contributed by atoms with van der Waals surface area (Å²) in [5.74, 6) is 0.453. The highest BCUT2D eigenvalue weighted by molar-refractivity contribution is 6.33. The van der Waals surface area contributed by atoms with Gasteiger partial charge in [-0.05, 0) is 24.3 Å². The van der Waals surface area contributed by atoms with E-state index in [0.29, 0.717) is 27.5 Å². The van der Waals surface area contributed by atoms with Crippen LogP contribution in [-0.2, 0) is 0 Å². The molecule has 2 aromatic carbocycles. The van der Waals surface area contributed by atoms with E-state index in [0.717, 1.165) is 0 Å². The monoisotopic (exact) mass is 276 g/mol. The molecule has 3 aromatic rings. The Morgan fingerprint density at radius 3 is 2.68 bits per heavy atom. The molecule has 0 aliphatic heterocycles. The van der Waals surface area contributed by atoms with Crippen molar-refractivity contribution >= 4 is 33.3 Å². The molecule has 0 amide bonds. The van der Waals surface area contributed by atoms with Crippen LogP contribution in [0.15, 0.2) is 39.5 Å². The van der Waals surface area contributed by atoms with Crippen LogP contribution < -0.4 is 10.4 Å². The number of halogens is 1. The predicted molar refractivity (Wildman–Crippen MR) is 73.2 cm³/mol. The van der Waals surface area contributed by atoms with Crippen LogP contribution >= 0.6 is 11.6 Å². The fourth-order valence-corrected chi connectivity index (χ4v) is 2.21. The number of benzene rings is 2. The second kappa shape index (κ2) is 4.17. The Hall–Kier alpha value is -2.20. The molecule has 0 saturated heterocycles. The number of phenols is 1. The van der Waals surface area contributed by atoms with Crippen molar-refractivity contribution in [1.29, 1.82) is 0 Å². The third-order valence-electron chi connectivity index (χ3n) is 2.99. The average molecular weight is 277 g/mol. The lowest BCUT2D eigenvalue weighted by molar-refractivity contribution is 0.415. The molecule has 0 aliphatic rings. The van der Waals surface area contributed by atoms with Gasteiger partial charge in [-0.3, -0.25) is 0 Å². The van der Waals surface area contributed by atoms with Crippen molar-refractivity contribution in [3.63, 3.8) is 0 Å². The largest absolute Gasteiger partial charge is 0.506 e. The molecule has 0 atom stereocenters. The summed E-state index contributed by atoms with van der Waals surface area (Å²) in [4.78, 5) is 11.9. The number of hydrogen-bond acceptors (Lipinski definition) is 4. The Bertz CT molecular complexity index is 851. The molecule has 3 rings (SSSR count). The van der Waals surface area contributed by atoms with Gasteiger partial charge in [0.15, 0.2) is 0 Å². The first-order chi connectivity index (χ1) is 9.10. The summed E-state index contributed by atoms with van der Waals surface area (Å²) in [6, 6.07) is 8.04. The lowest BCUT2D eigenvalue weighted by Crippen LogP contribution is -2.00. The van der Waals surface area contributed by atoms with E-state index in [9.17, 15) is 9.90 Å². The zero-order chi connectivity index (χ0) is 13.6. The topological polar surface area (TPSA) is 59.7 Å². The minimum Gasteiger partial charge on any atom is -0.506 e. The summed E-state index contributed by atoms with van der Waals surface area (Å²) in [7, 11) is 1.53. The second-order valence-electron chi connectivity index (χ2n) is 4.10. The van der Waals surface area contributed by atoms with Crippen molar-refractivity contribution in [2.45, 2.75) is 0 Å². The van der Waals surface area contributed by atoms with Crippen molar-refractivity contribution in [2.24, 2.45) is 0 Å². The zero-order valence-electron chi connectivity index (χ0n) is 9.94. The lowest BCUT2D eigenvalue weighted by atomic mass is 10.1. The molecule has 0 spiro atoms. The first-order valence-electron chi connectivity index (χ1n) is 5.53. The highest BCUT2D eigenvalue weighted by Gasteiger charge is 2.11. The molecule has 19 heavy (non-hydrogen) atoms. The molecule has 96 valence electrons. The van der Waals surface area contributed by atoms with Crippen LogP contribution in [0.1, 0.15) is 0 Å². The Morgan fingerprint density at radius 1 is 1.16 bits per heavy atom. The van der Waals surface area contributed by atoms with E-state index in [2.05, 4.69) is 0 Å². The molecule has 0 bridgehead atoms. The molecular weight excluding hydrogens is 268 g/mol. The number of rotatable bonds is 1. The van der Waals surface area contributed by atoms with Gasteiger partial charge in [-0.2, -0.15) is 0 Å². The molecule has 5 heteroatoms. The Morgan fingerprint density at radius 2 is 1.95 bits per heavy atom. The summed E-state index contributed by atoms with van der Waals surface area (Å²) < 4.78 is 10.3. The van der Waals surface area contributed by atoms with Gasteiger partial charge in [-0.15, -0.1) is 0 Å². The average Bonchev–Trinajstić information content (AvgIpc) is 2.41. The van der Waals surface area contributed by atoms with Crippen molar-refractivity contribution in [1.82, 2.24) is 0 Å². The quantitative estimate of drug-likeness (QED) is 0.547. The van der Waals surface area contributed by atoms with Crippen LogP contribution in [0, 0.1) is 0 Å². The summed E-state index contributed by atoms with van der Waals surface area (Å²) >= 11 is 5.89. The SMILES string of the molecule is COc1ccc2c(c1)c(=O)oc1cc(O)c(Cl)cc12. The first kappa shape index (κ1) is 11.9.